The van der Waals surface area contributed by atoms with Crippen molar-refractivity contribution in [3.8, 4) is 5.75 Å². The van der Waals surface area contributed by atoms with Crippen LogP contribution in [-0.2, 0) is 13.5 Å². The van der Waals surface area contributed by atoms with Crippen molar-refractivity contribution in [2.45, 2.75) is 19.3 Å². The molecular formula is C19H21N5O3. The molecule has 27 heavy (non-hydrogen) atoms. The van der Waals surface area contributed by atoms with E-state index >= 15 is 0 Å². The van der Waals surface area contributed by atoms with Crippen LogP contribution in [0.4, 0.5) is 4.79 Å². The number of aromatic nitrogens is 4. The van der Waals surface area contributed by atoms with Crippen molar-refractivity contribution in [1.29, 1.82) is 0 Å². The van der Waals surface area contributed by atoms with E-state index in [1.54, 1.807) is 25.3 Å². The molecule has 3 heterocycles. The van der Waals surface area contributed by atoms with Gasteiger partial charge in [0.05, 0.1) is 13.3 Å². The van der Waals surface area contributed by atoms with Crippen molar-refractivity contribution in [3.05, 3.63) is 52.3 Å². The van der Waals surface area contributed by atoms with Crippen LogP contribution in [0.3, 0.4) is 0 Å². The van der Waals surface area contributed by atoms with E-state index in [-0.39, 0.29) is 6.03 Å². The molecule has 8 heteroatoms. The van der Waals surface area contributed by atoms with E-state index in [1.165, 1.54) is 4.57 Å². The van der Waals surface area contributed by atoms with Crippen LogP contribution in [0, 0.1) is 0 Å². The van der Waals surface area contributed by atoms with Crippen molar-refractivity contribution in [2.75, 3.05) is 20.2 Å². The van der Waals surface area contributed by atoms with Gasteiger partial charge in [-0.15, -0.1) is 0 Å². The van der Waals surface area contributed by atoms with E-state index in [9.17, 15) is 9.59 Å². The van der Waals surface area contributed by atoms with Crippen LogP contribution in [0.15, 0.2) is 35.3 Å². The highest BCUT2D eigenvalue weighted by atomic mass is 16.5. The largest absolute Gasteiger partial charge is 0.497 e. The Labute approximate surface area is 156 Å². The Morgan fingerprint density at radius 1 is 1.26 bits per heavy atom. The lowest BCUT2D eigenvalue weighted by molar-refractivity contribution is 0.210. The third-order valence-corrected chi connectivity index (χ3v) is 4.92. The summed E-state index contributed by atoms with van der Waals surface area (Å²) < 4.78 is 7.83. The number of ether oxygens (including phenoxy) is 1. The summed E-state index contributed by atoms with van der Waals surface area (Å²) in [6.07, 6.45) is 4.00. The average molecular weight is 367 g/mol. The lowest BCUT2D eigenvalue weighted by atomic mass is 10.1. The second-order valence-corrected chi connectivity index (χ2v) is 6.68. The smallest absolute Gasteiger partial charge is 0.338 e. The maximum Gasteiger partial charge on any atom is 0.338 e. The summed E-state index contributed by atoms with van der Waals surface area (Å²) in [6.45, 7) is 1.34. The number of nitrogens with zero attached hydrogens (tertiary/aromatic N) is 5. The van der Waals surface area contributed by atoms with Crippen LogP contribution in [0.2, 0.25) is 0 Å². The molecule has 0 atom stereocenters. The molecule has 4 rings (SSSR count). The zero-order chi connectivity index (χ0) is 19.0. The normalized spacial score (nSPS) is 14.1. The predicted octanol–water partition coefficient (Wildman–Crippen LogP) is 1.79. The fourth-order valence-electron chi connectivity index (χ4n) is 3.42. The van der Waals surface area contributed by atoms with Crippen LogP contribution in [0.25, 0.3) is 11.2 Å². The number of benzene rings is 1. The lowest BCUT2D eigenvalue weighted by Crippen LogP contribution is -2.38. The van der Waals surface area contributed by atoms with Crippen LogP contribution >= 0.6 is 0 Å². The average Bonchev–Trinajstić information content (AvgIpc) is 3.30. The Bertz CT molecular complexity index is 1060. The Kier molecular flexibility index (Phi) is 4.39. The molecule has 0 aliphatic carbocycles. The summed E-state index contributed by atoms with van der Waals surface area (Å²) >= 11 is 0. The fraction of sp³-hybridized carbons (Fsp3) is 0.368. The Hall–Kier alpha value is -3.16. The number of carbonyl (C=O) groups excluding carboxylic acids is 1. The minimum Gasteiger partial charge on any atom is -0.497 e. The number of carbonyl (C=O) groups is 1. The number of amides is 1. The van der Waals surface area contributed by atoms with E-state index < -0.39 is 5.69 Å². The zero-order valence-corrected chi connectivity index (χ0v) is 15.4. The second kappa shape index (κ2) is 6.86. The van der Waals surface area contributed by atoms with E-state index in [0.29, 0.717) is 36.5 Å². The molecule has 1 amide bonds. The summed E-state index contributed by atoms with van der Waals surface area (Å²) in [5, 5.41) is 0. The van der Waals surface area contributed by atoms with Gasteiger partial charge >= 0.3 is 11.7 Å². The number of likely N-dealkylation sites (tertiary alicyclic amines) is 1. The Morgan fingerprint density at radius 2 is 2.04 bits per heavy atom. The first-order valence-corrected chi connectivity index (χ1v) is 8.94. The number of aryl methyl sites for hydroxylation is 1. The molecule has 1 saturated heterocycles. The maximum absolute atomic E-state index is 12.8. The summed E-state index contributed by atoms with van der Waals surface area (Å²) in [5.41, 5.74) is 1.49. The topological polar surface area (TPSA) is 82.2 Å². The number of methoxy groups -OCH3 is 1. The Balaban J connectivity index is 1.75. The van der Waals surface area contributed by atoms with Gasteiger partial charge in [0.15, 0.2) is 5.65 Å². The van der Waals surface area contributed by atoms with Gasteiger partial charge in [-0.1, -0.05) is 12.1 Å². The molecule has 1 aliphatic heterocycles. The zero-order valence-electron chi connectivity index (χ0n) is 15.4. The second-order valence-electron chi connectivity index (χ2n) is 6.68. The van der Waals surface area contributed by atoms with Gasteiger partial charge in [0.25, 0.3) is 0 Å². The molecule has 0 radical (unpaired) electrons. The number of hydrogen-bond acceptors (Lipinski definition) is 5. The van der Waals surface area contributed by atoms with E-state index in [4.69, 9.17) is 4.74 Å². The molecule has 1 fully saturated rings. The highest BCUT2D eigenvalue weighted by Gasteiger charge is 2.25. The minimum absolute atomic E-state index is 0.311. The molecule has 0 unspecified atom stereocenters. The third-order valence-electron chi connectivity index (χ3n) is 4.92. The molecule has 2 aromatic heterocycles. The van der Waals surface area contributed by atoms with Crippen molar-refractivity contribution in [1.82, 2.24) is 24.0 Å². The van der Waals surface area contributed by atoms with Gasteiger partial charge in [0, 0.05) is 26.6 Å². The molecule has 140 valence electrons. The molecule has 3 aromatic rings. The van der Waals surface area contributed by atoms with E-state index in [2.05, 4.69) is 9.97 Å². The number of rotatable bonds is 3. The van der Waals surface area contributed by atoms with Gasteiger partial charge in [-0.25, -0.2) is 19.6 Å². The highest BCUT2D eigenvalue weighted by molar-refractivity contribution is 5.87. The fourth-order valence-corrected chi connectivity index (χ4v) is 3.42. The quantitative estimate of drug-likeness (QED) is 0.705. The van der Waals surface area contributed by atoms with Crippen LogP contribution in [-0.4, -0.2) is 50.2 Å². The first-order chi connectivity index (χ1) is 13.1. The standard InChI is InChI=1S/C19H21N5O3/c1-22-15-12-20-16(11-13-6-5-7-14(10-13)27-2)21-17(15)24(18(22)25)19(26)23-8-3-4-9-23/h5-7,10,12H,3-4,8-9,11H2,1-2H3. The van der Waals surface area contributed by atoms with Crippen molar-refractivity contribution >= 4 is 17.2 Å². The monoisotopic (exact) mass is 367 g/mol. The van der Waals surface area contributed by atoms with E-state index in [0.717, 1.165) is 28.7 Å². The van der Waals surface area contributed by atoms with Crippen LogP contribution in [0.5, 0.6) is 5.75 Å². The van der Waals surface area contributed by atoms with Gasteiger partial charge in [-0.2, -0.15) is 4.57 Å². The van der Waals surface area contributed by atoms with Crippen molar-refractivity contribution < 1.29 is 9.53 Å². The first kappa shape index (κ1) is 17.3. The highest BCUT2D eigenvalue weighted by Crippen LogP contribution is 2.17. The predicted molar refractivity (Wildman–Crippen MR) is 100 cm³/mol. The molecule has 0 bridgehead atoms. The van der Waals surface area contributed by atoms with Crippen LogP contribution in [0.1, 0.15) is 24.2 Å². The summed E-state index contributed by atoms with van der Waals surface area (Å²) in [4.78, 5) is 36.1. The summed E-state index contributed by atoms with van der Waals surface area (Å²) in [5.74, 6) is 1.30. The first-order valence-electron chi connectivity index (χ1n) is 8.94. The third kappa shape index (κ3) is 3.07. The van der Waals surface area contributed by atoms with Crippen LogP contribution < -0.4 is 10.4 Å². The van der Waals surface area contributed by atoms with Crippen molar-refractivity contribution in [2.24, 2.45) is 7.05 Å². The molecule has 1 aliphatic rings. The number of fused-ring (bicyclic) bond motifs is 1. The minimum atomic E-state index is -0.394. The van der Waals surface area contributed by atoms with Gasteiger partial charge in [0.2, 0.25) is 0 Å². The summed E-state index contributed by atoms with van der Waals surface area (Å²) in [7, 11) is 3.25. The SMILES string of the molecule is COc1cccc(Cc2ncc3c(n2)n(C(=O)N2CCCC2)c(=O)n3C)c1. The van der Waals surface area contributed by atoms with Gasteiger partial charge < -0.3 is 9.64 Å². The van der Waals surface area contributed by atoms with Gasteiger partial charge in [-0.05, 0) is 30.5 Å². The summed E-state index contributed by atoms with van der Waals surface area (Å²) in [6, 6.07) is 7.35. The molecule has 0 spiro atoms. The number of hydrogen-bond donors (Lipinski definition) is 0. The van der Waals surface area contributed by atoms with Crippen molar-refractivity contribution in [3.63, 3.8) is 0 Å². The van der Waals surface area contributed by atoms with E-state index in [1.807, 2.05) is 24.3 Å². The molecule has 1 aromatic carbocycles. The molecule has 0 saturated carbocycles. The maximum atomic E-state index is 12.8. The molecular weight excluding hydrogens is 346 g/mol. The van der Waals surface area contributed by atoms with Gasteiger partial charge in [-0.3, -0.25) is 4.57 Å². The van der Waals surface area contributed by atoms with Gasteiger partial charge in [0.1, 0.15) is 17.1 Å². The Morgan fingerprint density at radius 3 is 2.78 bits per heavy atom. The lowest BCUT2D eigenvalue weighted by Gasteiger charge is -2.14. The molecule has 8 nitrogen and oxygen atoms in total. The molecule has 0 N–H and O–H groups in total. The number of imidazole rings is 1.